The van der Waals surface area contributed by atoms with Gasteiger partial charge in [-0.3, -0.25) is 19.4 Å². The van der Waals surface area contributed by atoms with Crippen molar-refractivity contribution in [2.24, 2.45) is 0 Å². The Hall–Kier alpha value is -3.71. The number of carbonyl (C=O) groups excluding carboxylic acids is 2. The molecular formula is C31H39ClN4O3. The summed E-state index contributed by atoms with van der Waals surface area (Å²) in [4.78, 5) is 41.0. The molecule has 2 aromatic rings. The molecule has 2 aromatic heterocycles. The van der Waals surface area contributed by atoms with E-state index in [9.17, 15) is 14.4 Å². The fraction of sp³-hybridized carbons (Fsp3) is 0.355. The first kappa shape index (κ1) is 31.5. The Balaban J connectivity index is 2.21. The van der Waals surface area contributed by atoms with Crippen LogP contribution in [0.4, 0.5) is 0 Å². The quantitative estimate of drug-likeness (QED) is 0.308. The second kappa shape index (κ2) is 16.3. The van der Waals surface area contributed by atoms with Crippen molar-refractivity contribution in [1.82, 2.24) is 20.2 Å². The van der Waals surface area contributed by atoms with E-state index in [1.54, 1.807) is 18.5 Å². The Bertz CT molecular complexity index is 1320. The number of nitrogens with zero attached hydrogens (tertiary/aromatic N) is 2. The first-order valence-corrected chi connectivity index (χ1v) is 13.6. The third-order valence-corrected chi connectivity index (χ3v) is 6.37. The van der Waals surface area contributed by atoms with Crippen LogP contribution < -0.4 is 16.2 Å². The molecule has 0 fully saturated rings. The average molecular weight is 551 g/mol. The van der Waals surface area contributed by atoms with Crippen molar-refractivity contribution in [3.05, 3.63) is 110 Å². The minimum absolute atomic E-state index is 0.128. The Labute approximate surface area is 236 Å². The number of carbonyl (C=O) groups is 2. The van der Waals surface area contributed by atoms with E-state index in [0.717, 1.165) is 36.0 Å². The van der Waals surface area contributed by atoms with E-state index >= 15 is 0 Å². The molecule has 2 heterocycles. The molecule has 0 bridgehead atoms. The molecule has 2 N–H and O–H groups in total. The highest BCUT2D eigenvalue weighted by atomic mass is 35.5. The number of halogens is 1. The molecule has 8 heteroatoms. The van der Waals surface area contributed by atoms with Crippen molar-refractivity contribution < 1.29 is 9.59 Å². The zero-order valence-electron chi connectivity index (χ0n) is 23.5. The lowest BCUT2D eigenvalue weighted by Gasteiger charge is -2.12. The van der Waals surface area contributed by atoms with Gasteiger partial charge in [-0.25, -0.2) is 0 Å². The van der Waals surface area contributed by atoms with Crippen LogP contribution in [0.2, 0.25) is 0 Å². The number of pyridine rings is 2. The SMILES string of the molecule is C\C=C(Cl)/C(/C=C(\C=C\CC)CNC(=O)c1ccc(=O)n(Cc2ccc(CNC(C)=O)nc2)c1)=C(/C)CCC. The van der Waals surface area contributed by atoms with Gasteiger partial charge in [0.05, 0.1) is 24.3 Å². The first-order valence-electron chi connectivity index (χ1n) is 13.2. The van der Waals surface area contributed by atoms with E-state index in [-0.39, 0.29) is 23.9 Å². The normalized spacial score (nSPS) is 12.9. The Morgan fingerprint density at radius 3 is 2.49 bits per heavy atom. The molecular weight excluding hydrogens is 512 g/mol. The van der Waals surface area contributed by atoms with Gasteiger partial charge in [-0.05, 0) is 61.6 Å². The lowest BCUT2D eigenvalue weighted by molar-refractivity contribution is -0.119. The van der Waals surface area contributed by atoms with Crippen LogP contribution in [0.25, 0.3) is 0 Å². The minimum Gasteiger partial charge on any atom is -0.351 e. The van der Waals surface area contributed by atoms with Gasteiger partial charge in [0.25, 0.3) is 11.5 Å². The molecule has 0 unspecified atom stereocenters. The third kappa shape index (κ3) is 10.5. The Kier molecular flexibility index (Phi) is 13.2. The van der Waals surface area contributed by atoms with Crippen molar-refractivity contribution in [2.75, 3.05) is 6.54 Å². The van der Waals surface area contributed by atoms with Crippen LogP contribution in [0, 0.1) is 0 Å². The van der Waals surface area contributed by atoms with E-state index in [4.69, 9.17) is 11.6 Å². The van der Waals surface area contributed by atoms with E-state index in [1.807, 2.05) is 37.3 Å². The molecule has 0 aliphatic rings. The zero-order chi connectivity index (χ0) is 28.8. The Morgan fingerprint density at radius 2 is 1.87 bits per heavy atom. The topological polar surface area (TPSA) is 93.1 Å². The highest BCUT2D eigenvalue weighted by Crippen LogP contribution is 2.24. The van der Waals surface area contributed by atoms with Crippen LogP contribution >= 0.6 is 11.6 Å². The number of hydrogen-bond acceptors (Lipinski definition) is 4. The van der Waals surface area contributed by atoms with E-state index in [2.05, 4.69) is 36.4 Å². The van der Waals surface area contributed by atoms with Gasteiger partial charge in [-0.1, -0.05) is 61.7 Å². The predicted molar refractivity (Wildman–Crippen MR) is 159 cm³/mol. The second-order valence-electron chi connectivity index (χ2n) is 9.24. The Morgan fingerprint density at radius 1 is 1.10 bits per heavy atom. The molecule has 0 saturated heterocycles. The lowest BCUT2D eigenvalue weighted by Crippen LogP contribution is -2.28. The van der Waals surface area contributed by atoms with Crippen molar-refractivity contribution >= 4 is 23.4 Å². The molecule has 0 atom stereocenters. The molecule has 2 amide bonds. The van der Waals surface area contributed by atoms with Gasteiger partial charge in [0.15, 0.2) is 0 Å². The van der Waals surface area contributed by atoms with E-state index in [0.29, 0.717) is 29.4 Å². The molecule has 0 aliphatic carbocycles. The molecule has 0 aliphatic heterocycles. The highest BCUT2D eigenvalue weighted by molar-refractivity contribution is 6.32. The van der Waals surface area contributed by atoms with Crippen LogP contribution in [0.1, 0.15) is 75.5 Å². The van der Waals surface area contributed by atoms with Gasteiger partial charge in [0.2, 0.25) is 5.91 Å². The fourth-order valence-corrected chi connectivity index (χ4v) is 4.03. The summed E-state index contributed by atoms with van der Waals surface area (Å²) in [6.45, 7) is 10.5. The molecule has 208 valence electrons. The molecule has 0 aromatic carbocycles. The summed E-state index contributed by atoms with van der Waals surface area (Å²) in [7, 11) is 0. The second-order valence-corrected chi connectivity index (χ2v) is 9.65. The van der Waals surface area contributed by atoms with Crippen molar-refractivity contribution in [3.63, 3.8) is 0 Å². The van der Waals surface area contributed by atoms with Crippen LogP contribution in [-0.4, -0.2) is 27.9 Å². The maximum absolute atomic E-state index is 13.0. The molecule has 2 rings (SSSR count). The van der Waals surface area contributed by atoms with E-state index < -0.39 is 0 Å². The van der Waals surface area contributed by atoms with Crippen LogP contribution in [0.5, 0.6) is 0 Å². The van der Waals surface area contributed by atoms with Crippen molar-refractivity contribution in [2.45, 2.75) is 67.0 Å². The number of hydrogen-bond donors (Lipinski definition) is 2. The van der Waals surface area contributed by atoms with Crippen LogP contribution in [0.15, 0.2) is 87.5 Å². The zero-order valence-corrected chi connectivity index (χ0v) is 24.3. The van der Waals surface area contributed by atoms with Gasteiger partial charge in [0.1, 0.15) is 0 Å². The monoisotopic (exact) mass is 550 g/mol. The largest absolute Gasteiger partial charge is 0.351 e. The predicted octanol–water partition coefficient (Wildman–Crippen LogP) is 5.81. The number of nitrogens with one attached hydrogen (secondary N) is 2. The van der Waals surface area contributed by atoms with Gasteiger partial charge >= 0.3 is 0 Å². The number of allylic oxidation sites excluding steroid dienone is 6. The number of rotatable bonds is 13. The summed E-state index contributed by atoms with van der Waals surface area (Å²) < 4.78 is 1.48. The number of aromatic nitrogens is 2. The van der Waals surface area contributed by atoms with Crippen molar-refractivity contribution in [1.29, 1.82) is 0 Å². The standard InChI is InChI=1S/C31H39ClN4O3/c1-6-9-11-24(16-28(29(32)8-3)22(4)10-7-2)17-35-31(39)26-13-15-30(38)36(21-26)20-25-12-14-27(34-18-25)19-33-23(5)37/h8-9,11-16,18,21H,6-7,10,17,19-20H2,1-5H3,(H,33,37)(H,35,39)/b11-9+,24-16+,28-22-,29-8+. The first-order chi connectivity index (χ1) is 18.7. The maximum atomic E-state index is 13.0. The molecule has 0 saturated carbocycles. The van der Waals surface area contributed by atoms with Gasteiger partial charge < -0.3 is 15.2 Å². The summed E-state index contributed by atoms with van der Waals surface area (Å²) in [5.74, 6) is -0.409. The third-order valence-electron chi connectivity index (χ3n) is 5.95. The van der Waals surface area contributed by atoms with Crippen LogP contribution in [0.3, 0.4) is 0 Å². The molecule has 7 nitrogen and oxygen atoms in total. The van der Waals surface area contributed by atoms with Gasteiger partial charge in [-0.2, -0.15) is 0 Å². The summed E-state index contributed by atoms with van der Waals surface area (Å²) in [6, 6.07) is 6.57. The van der Waals surface area contributed by atoms with Crippen molar-refractivity contribution in [3.8, 4) is 0 Å². The van der Waals surface area contributed by atoms with Gasteiger partial charge in [0, 0.05) is 37.0 Å². The number of amides is 2. The molecule has 39 heavy (non-hydrogen) atoms. The lowest BCUT2D eigenvalue weighted by atomic mass is 10.0. The molecule has 0 radical (unpaired) electrons. The molecule has 0 spiro atoms. The minimum atomic E-state index is -0.281. The summed E-state index contributed by atoms with van der Waals surface area (Å²) >= 11 is 6.53. The summed E-state index contributed by atoms with van der Waals surface area (Å²) in [5.41, 5.74) is 4.77. The fourth-order valence-electron chi connectivity index (χ4n) is 3.81. The van der Waals surface area contributed by atoms with Gasteiger partial charge in [-0.15, -0.1) is 0 Å². The maximum Gasteiger partial charge on any atom is 0.253 e. The van der Waals surface area contributed by atoms with Crippen LogP contribution in [-0.2, 0) is 17.9 Å². The summed E-state index contributed by atoms with van der Waals surface area (Å²) in [5, 5.41) is 6.36. The average Bonchev–Trinajstić information content (AvgIpc) is 2.92. The highest BCUT2D eigenvalue weighted by Gasteiger charge is 2.10. The van der Waals surface area contributed by atoms with E-state index in [1.165, 1.54) is 29.2 Å². The summed E-state index contributed by atoms with van der Waals surface area (Å²) in [6.07, 6.45) is 14.0. The smallest absolute Gasteiger partial charge is 0.253 e.